The van der Waals surface area contributed by atoms with E-state index in [0.717, 1.165) is 22.6 Å². The fraction of sp³-hybridized carbons (Fsp3) is 0. The fourth-order valence-corrected chi connectivity index (χ4v) is 2.45. The van der Waals surface area contributed by atoms with Crippen molar-refractivity contribution in [2.75, 3.05) is 0 Å². The van der Waals surface area contributed by atoms with Crippen LogP contribution in [0.15, 0.2) is 115 Å². The predicted octanol–water partition coefficient (Wildman–Crippen LogP) is 6.54. The van der Waals surface area contributed by atoms with E-state index >= 15 is 0 Å². The van der Waals surface area contributed by atoms with Gasteiger partial charge in [0.25, 0.3) is 0 Å². The molecule has 0 aliphatic rings. The molecule has 0 unspecified atom stereocenters. The van der Waals surface area contributed by atoms with Crippen molar-refractivity contribution in [1.29, 1.82) is 0 Å². The smallest absolute Gasteiger partial charge is 0.127 e. The first kappa shape index (κ1) is 17.3. The molecular weight excluding hydrogens is 320 g/mol. The van der Waals surface area contributed by atoms with Gasteiger partial charge in [-0.2, -0.15) is 0 Å². The van der Waals surface area contributed by atoms with Crippen molar-refractivity contribution in [3.63, 3.8) is 0 Å². The van der Waals surface area contributed by atoms with Crippen molar-refractivity contribution < 1.29 is 9.84 Å². The SMILES string of the molecule is Oc1ccccc1-c1ccccc1.c1ccc(Oc2ccccc2)cc1. The van der Waals surface area contributed by atoms with E-state index < -0.39 is 0 Å². The predicted molar refractivity (Wildman–Crippen MR) is 107 cm³/mol. The largest absolute Gasteiger partial charge is 0.507 e. The summed E-state index contributed by atoms with van der Waals surface area (Å²) in [7, 11) is 0. The molecule has 0 aromatic heterocycles. The van der Waals surface area contributed by atoms with Crippen molar-refractivity contribution in [2.24, 2.45) is 0 Å². The first-order valence-electron chi connectivity index (χ1n) is 8.44. The number of phenolic OH excluding ortho intramolecular Hbond substituents is 1. The van der Waals surface area contributed by atoms with E-state index in [-0.39, 0.29) is 0 Å². The molecule has 0 bridgehead atoms. The Kier molecular flexibility index (Phi) is 6.05. The highest BCUT2D eigenvalue weighted by Crippen LogP contribution is 2.27. The van der Waals surface area contributed by atoms with E-state index in [4.69, 9.17) is 4.74 Å². The molecule has 0 spiro atoms. The summed E-state index contributed by atoms with van der Waals surface area (Å²) in [5, 5.41) is 9.56. The first-order valence-corrected chi connectivity index (χ1v) is 8.44. The van der Waals surface area contributed by atoms with Gasteiger partial charge in [-0.3, -0.25) is 0 Å². The second-order valence-corrected chi connectivity index (χ2v) is 5.61. The second kappa shape index (κ2) is 9.09. The van der Waals surface area contributed by atoms with Gasteiger partial charge in [-0.15, -0.1) is 0 Å². The van der Waals surface area contributed by atoms with Crippen LogP contribution in [0.2, 0.25) is 0 Å². The second-order valence-electron chi connectivity index (χ2n) is 5.61. The van der Waals surface area contributed by atoms with Crippen LogP contribution in [0.3, 0.4) is 0 Å². The Morgan fingerprint density at radius 3 is 1.38 bits per heavy atom. The molecule has 2 heteroatoms. The van der Waals surface area contributed by atoms with Crippen molar-refractivity contribution in [1.82, 2.24) is 0 Å². The van der Waals surface area contributed by atoms with Crippen molar-refractivity contribution in [3.05, 3.63) is 115 Å². The third kappa shape index (κ3) is 4.99. The number of rotatable bonds is 3. The van der Waals surface area contributed by atoms with Gasteiger partial charge in [-0.05, 0) is 35.9 Å². The molecule has 0 radical (unpaired) electrons. The molecular formula is C24H20O2. The van der Waals surface area contributed by atoms with E-state index in [0.29, 0.717) is 5.75 Å². The van der Waals surface area contributed by atoms with Gasteiger partial charge in [0, 0.05) is 5.56 Å². The van der Waals surface area contributed by atoms with Crippen LogP contribution in [-0.4, -0.2) is 5.11 Å². The van der Waals surface area contributed by atoms with Gasteiger partial charge in [-0.25, -0.2) is 0 Å². The molecule has 4 aromatic carbocycles. The normalized spacial score (nSPS) is 9.69. The van der Waals surface area contributed by atoms with E-state index in [1.165, 1.54) is 0 Å². The lowest BCUT2D eigenvalue weighted by Gasteiger charge is -2.03. The summed E-state index contributed by atoms with van der Waals surface area (Å²) in [5.74, 6) is 2.07. The summed E-state index contributed by atoms with van der Waals surface area (Å²) >= 11 is 0. The molecule has 0 saturated carbocycles. The zero-order valence-corrected chi connectivity index (χ0v) is 14.3. The Morgan fingerprint density at radius 2 is 0.885 bits per heavy atom. The molecule has 26 heavy (non-hydrogen) atoms. The monoisotopic (exact) mass is 340 g/mol. The van der Waals surface area contributed by atoms with E-state index in [9.17, 15) is 5.11 Å². The number of benzene rings is 4. The minimum atomic E-state index is 0.328. The number of ether oxygens (including phenoxy) is 1. The Balaban J connectivity index is 0.000000151. The van der Waals surface area contributed by atoms with Crippen LogP contribution in [0.4, 0.5) is 0 Å². The van der Waals surface area contributed by atoms with Gasteiger partial charge < -0.3 is 9.84 Å². The van der Waals surface area contributed by atoms with E-state index in [1.54, 1.807) is 6.07 Å². The number of hydrogen-bond acceptors (Lipinski definition) is 2. The van der Waals surface area contributed by atoms with Crippen LogP contribution in [0.5, 0.6) is 17.2 Å². The molecule has 0 amide bonds. The van der Waals surface area contributed by atoms with Crippen LogP contribution in [-0.2, 0) is 0 Å². The zero-order chi connectivity index (χ0) is 18.0. The maximum absolute atomic E-state index is 9.56. The number of phenols is 1. The summed E-state index contributed by atoms with van der Waals surface area (Å²) in [4.78, 5) is 0. The molecule has 0 fully saturated rings. The average Bonchev–Trinajstić information content (AvgIpc) is 2.71. The Bertz CT molecular complexity index is 867. The molecule has 128 valence electrons. The summed E-state index contributed by atoms with van der Waals surface area (Å²) in [6.45, 7) is 0. The maximum Gasteiger partial charge on any atom is 0.127 e. The van der Waals surface area contributed by atoms with Crippen molar-refractivity contribution in [2.45, 2.75) is 0 Å². The van der Waals surface area contributed by atoms with Gasteiger partial charge in [0.2, 0.25) is 0 Å². The van der Waals surface area contributed by atoms with Crippen LogP contribution in [0.25, 0.3) is 11.1 Å². The Hall–Kier alpha value is -3.52. The van der Waals surface area contributed by atoms with Crippen LogP contribution in [0, 0.1) is 0 Å². The fourth-order valence-electron chi connectivity index (χ4n) is 2.45. The summed E-state index contributed by atoms with van der Waals surface area (Å²) in [6, 6.07) is 36.7. The van der Waals surface area contributed by atoms with Crippen LogP contribution in [0.1, 0.15) is 0 Å². The van der Waals surface area contributed by atoms with Crippen molar-refractivity contribution >= 4 is 0 Å². The van der Waals surface area contributed by atoms with Crippen LogP contribution >= 0.6 is 0 Å². The van der Waals surface area contributed by atoms with Gasteiger partial charge in [-0.1, -0.05) is 84.9 Å². The lowest BCUT2D eigenvalue weighted by Crippen LogP contribution is -1.81. The third-order valence-corrected chi connectivity index (χ3v) is 3.71. The van der Waals surface area contributed by atoms with E-state index in [1.807, 2.05) is 109 Å². The molecule has 4 aromatic rings. The minimum absolute atomic E-state index is 0.328. The summed E-state index contributed by atoms with van der Waals surface area (Å²) in [5.41, 5.74) is 1.92. The van der Waals surface area contributed by atoms with Crippen LogP contribution < -0.4 is 4.74 Å². The molecule has 1 N–H and O–H groups in total. The van der Waals surface area contributed by atoms with Gasteiger partial charge in [0.1, 0.15) is 17.2 Å². The topological polar surface area (TPSA) is 29.5 Å². The lowest BCUT2D eigenvalue weighted by molar-refractivity contribution is 0.477. The molecule has 0 aliphatic carbocycles. The van der Waals surface area contributed by atoms with Gasteiger partial charge >= 0.3 is 0 Å². The van der Waals surface area contributed by atoms with Gasteiger partial charge in [0.05, 0.1) is 0 Å². The average molecular weight is 340 g/mol. The highest BCUT2D eigenvalue weighted by atomic mass is 16.5. The molecule has 4 rings (SSSR count). The summed E-state index contributed by atoms with van der Waals surface area (Å²) in [6.07, 6.45) is 0. The third-order valence-electron chi connectivity index (χ3n) is 3.71. The molecule has 0 aliphatic heterocycles. The molecule has 0 atom stereocenters. The summed E-state index contributed by atoms with van der Waals surface area (Å²) < 4.78 is 5.58. The zero-order valence-electron chi connectivity index (χ0n) is 14.3. The Morgan fingerprint density at radius 1 is 0.462 bits per heavy atom. The minimum Gasteiger partial charge on any atom is -0.507 e. The first-order chi connectivity index (χ1) is 12.8. The highest BCUT2D eigenvalue weighted by molar-refractivity contribution is 5.69. The lowest BCUT2D eigenvalue weighted by atomic mass is 10.1. The maximum atomic E-state index is 9.56. The number of hydrogen-bond donors (Lipinski definition) is 1. The molecule has 0 heterocycles. The Labute approximate surface area is 154 Å². The molecule has 2 nitrogen and oxygen atoms in total. The highest BCUT2D eigenvalue weighted by Gasteiger charge is 2.00. The standard InChI is InChI=1S/2C12H10O/c1-3-7-11(8-4-1)13-12-9-5-2-6-10-12;13-12-9-5-4-8-11(12)10-6-2-1-3-7-10/h1-10H;1-9,13H. The molecule has 0 saturated heterocycles. The quantitative estimate of drug-likeness (QED) is 0.459. The van der Waals surface area contributed by atoms with Crippen molar-refractivity contribution in [3.8, 4) is 28.4 Å². The van der Waals surface area contributed by atoms with Gasteiger partial charge in [0.15, 0.2) is 0 Å². The number of para-hydroxylation sites is 3. The number of aromatic hydroxyl groups is 1. The van der Waals surface area contributed by atoms with E-state index in [2.05, 4.69) is 0 Å².